The minimum atomic E-state index is 0.480. The fourth-order valence-electron chi connectivity index (χ4n) is 2.35. The maximum Gasteiger partial charge on any atom is 0.0109 e. The zero-order chi connectivity index (χ0) is 16.7. The molecule has 1 aliphatic heterocycles. The van der Waals surface area contributed by atoms with E-state index in [0.717, 1.165) is 0 Å². The van der Waals surface area contributed by atoms with Crippen molar-refractivity contribution >= 4 is 0 Å². The summed E-state index contributed by atoms with van der Waals surface area (Å²) in [4.78, 5) is 5.32. The molecule has 0 amide bonds. The predicted octanol–water partition coefficient (Wildman–Crippen LogP) is 5.28. The first-order chi connectivity index (χ1) is 10.0. The zero-order valence-electron chi connectivity index (χ0n) is 16.5. The van der Waals surface area contributed by atoms with Crippen molar-refractivity contribution in [1.29, 1.82) is 0 Å². The third-order valence-corrected chi connectivity index (χ3v) is 3.69. The molecule has 2 heteroatoms. The van der Waals surface area contributed by atoms with Crippen molar-refractivity contribution in [1.82, 2.24) is 9.80 Å². The maximum atomic E-state index is 2.66. The Bertz CT molecular complexity index is 196. The highest BCUT2D eigenvalue weighted by atomic mass is 15.2. The highest BCUT2D eigenvalue weighted by Gasteiger charge is 2.17. The Hall–Kier alpha value is -0.0800. The predicted molar refractivity (Wildman–Crippen MR) is 99.2 cm³/mol. The van der Waals surface area contributed by atoms with Gasteiger partial charge >= 0.3 is 0 Å². The summed E-state index contributed by atoms with van der Waals surface area (Å²) in [6.45, 7) is 25.1. The third kappa shape index (κ3) is 14.6. The van der Waals surface area contributed by atoms with E-state index in [-0.39, 0.29) is 0 Å². The van der Waals surface area contributed by atoms with E-state index < -0.39 is 0 Å². The van der Waals surface area contributed by atoms with Crippen molar-refractivity contribution in [2.45, 2.75) is 81.1 Å². The van der Waals surface area contributed by atoms with E-state index in [4.69, 9.17) is 0 Å². The Balaban J connectivity index is 0. The van der Waals surface area contributed by atoms with Crippen molar-refractivity contribution in [3.8, 4) is 0 Å². The standard InChI is InChI=1S/C15H32N2.2C2H6/c1-5-6-9-16-10-7-11-17(14-13-16)12-8-15(2,3)4;2*1-2/h5-14H2,1-4H3;2*1-2H3. The molecule has 0 N–H and O–H groups in total. The molecule has 0 saturated carbocycles. The molecule has 1 heterocycles. The van der Waals surface area contributed by atoms with E-state index in [1.54, 1.807) is 0 Å². The molecule has 1 aliphatic rings. The molecule has 0 aromatic heterocycles. The molecule has 21 heavy (non-hydrogen) atoms. The molecule has 130 valence electrons. The van der Waals surface area contributed by atoms with Gasteiger partial charge in [0.2, 0.25) is 0 Å². The van der Waals surface area contributed by atoms with Gasteiger partial charge in [-0.3, -0.25) is 0 Å². The average Bonchev–Trinajstić information content (AvgIpc) is 2.72. The van der Waals surface area contributed by atoms with Gasteiger partial charge < -0.3 is 9.80 Å². The quantitative estimate of drug-likeness (QED) is 0.681. The van der Waals surface area contributed by atoms with Gasteiger partial charge in [-0.2, -0.15) is 0 Å². The lowest BCUT2D eigenvalue weighted by atomic mass is 9.92. The van der Waals surface area contributed by atoms with Crippen LogP contribution in [0, 0.1) is 5.41 Å². The van der Waals surface area contributed by atoms with Crippen LogP contribution in [0.1, 0.15) is 81.1 Å². The van der Waals surface area contributed by atoms with Crippen LogP contribution in [0.15, 0.2) is 0 Å². The van der Waals surface area contributed by atoms with Gasteiger partial charge in [-0.15, -0.1) is 0 Å². The Morgan fingerprint density at radius 1 is 0.762 bits per heavy atom. The van der Waals surface area contributed by atoms with Crippen molar-refractivity contribution in [3.05, 3.63) is 0 Å². The van der Waals surface area contributed by atoms with Crippen molar-refractivity contribution in [3.63, 3.8) is 0 Å². The number of unbranched alkanes of at least 4 members (excludes halogenated alkanes) is 1. The summed E-state index contributed by atoms with van der Waals surface area (Å²) < 4.78 is 0. The molecule has 1 rings (SSSR count). The van der Waals surface area contributed by atoms with Crippen LogP contribution in [0.4, 0.5) is 0 Å². The number of hydrogen-bond donors (Lipinski definition) is 0. The summed E-state index contributed by atoms with van der Waals surface area (Å²) in [6, 6.07) is 0. The summed E-state index contributed by atoms with van der Waals surface area (Å²) in [6.07, 6.45) is 5.36. The van der Waals surface area contributed by atoms with Crippen LogP contribution in [0.5, 0.6) is 0 Å². The Morgan fingerprint density at radius 3 is 1.67 bits per heavy atom. The number of hydrogen-bond acceptors (Lipinski definition) is 2. The minimum absolute atomic E-state index is 0.480. The molecule has 0 atom stereocenters. The first-order valence-electron chi connectivity index (χ1n) is 9.46. The highest BCUT2D eigenvalue weighted by Crippen LogP contribution is 2.19. The SMILES string of the molecule is CC.CC.CCCCN1CCCN(CCC(C)(C)C)CC1. The number of nitrogens with zero attached hydrogens (tertiary/aromatic N) is 2. The zero-order valence-corrected chi connectivity index (χ0v) is 16.5. The second-order valence-corrected chi connectivity index (χ2v) is 6.70. The van der Waals surface area contributed by atoms with Crippen LogP contribution in [0.3, 0.4) is 0 Å². The van der Waals surface area contributed by atoms with E-state index in [1.807, 2.05) is 27.7 Å². The van der Waals surface area contributed by atoms with Crippen LogP contribution in [0.25, 0.3) is 0 Å². The van der Waals surface area contributed by atoms with Crippen LogP contribution in [-0.2, 0) is 0 Å². The highest BCUT2D eigenvalue weighted by molar-refractivity contribution is 4.72. The van der Waals surface area contributed by atoms with Crippen molar-refractivity contribution < 1.29 is 0 Å². The average molecular weight is 301 g/mol. The van der Waals surface area contributed by atoms with E-state index in [9.17, 15) is 0 Å². The van der Waals surface area contributed by atoms with Gasteiger partial charge in [-0.1, -0.05) is 61.8 Å². The Kier molecular flexibility index (Phi) is 16.4. The second kappa shape index (κ2) is 14.8. The molecule has 0 unspecified atom stereocenters. The third-order valence-electron chi connectivity index (χ3n) is 3.69. The summed E-state index contributed by atoms with van der Waals surface area (Å²) in [5.41, 5.74) is 0.480. The van der Waals surface area contributed by atoms with Crippen LogP contribution in [0.2, 0.25) is 0 Å². The molecule has 0 bridgehead atoms. The van der Waals surface area contributed by atoms with Crippen molar-refractivity contribution in [2.75, 3.05) is 39.3 Å². The summed E-state index contributed by atoms with van der Waals surface area (Å²) >= 11 is 0. The molecule has 0 radical (unpaired) electrons. The van der Waals surface area contributed by atoms with Gasteiger partial charge in [-0.25, -0.2) is 0 Å². The van der Waals surface area contributed by atoms with E-state index >= 15 is 0 Å². The molecule has 0 spiro atoms. The van der Waals surface area contributed by atoms with Crippen LogP contribution < -0.4 is 0 Å². The fraction of sp³-hybridized carbons (Fsp3) is 1.00. The number of rotatable bonds is 5. The maximum absolute atomic E-state index is 2.66. The smallest absolute Gasteiger partial charge is 0.0109 e. The first-order valence-corrected chi connectivity index (χ1v) is 9.46. The summed E-state index contributed by atoms with van der Waals surface area (Å²) in [7, 11) is 0. The lowest BCUT2D eigenvalue weighted by molar-refractivity contribution is 0.224. The van der Waals surface area contributed by atoms with E-state index in [2.05, 4.69) is 37.5 Å². The molecule has 0 aliphatic carbocycles. The van der Waals surface area contributed by atoms with Gasteiger partial charge in [0.1, 0.15) is 0 Å². The Morgan fingerprint density at radius 2 is 1.24 bits per heavy atom. The van der Waals surface area contributed by atoms with Gasteiger partial charge in [0.05, 0.1) is 0 Å². The topological polar surface area (TPSA) is 6.48 Å². The lowest BCUT2D eigenvalue weighted by Gasteiger charge is -2.25. The molecule has 1 fully saturated rings. The monoisotopic (exact) mass is 300 g/mol. The van der Waals surface area contributed by atoms with Crippen molar-refractivity contribution in [2.24, 2.45) is 5.41 Å². The minimum Gasteiger partial charge on any atom is -0.302 e. The summed E-state index contributed by atoms with van der Waals surface area (Å²) in [5, 5.41) is 0. The fourth-order valence-corrected chi connectivity index (χ4v) is 2.35. The van der Waals surface area contributed by atoms with E-state index in [1.165, 1.54) is 65.0 Å². The van der Waals surface area contributed by atoms with Gasteiger partial charge in [-0.05, 0) is 50.9 Å². The molecule has 2 nitrogen and oxygen atoms in total. The van der Waals surface area contributed by atoms with Crippen LogP contribution in [-0.4, -0.2) is 49.1 Å². The molecular weight excluding hydrogens is 256 g/mol. The summed E-state index contributed by atoms with van der Waals surface area (Å²) in [5.74, 6) is 0. The lowest BCUT2D eigenvalue weighted by Crippen LogP contribution is -2.33. The van der Waals surface area contributed by atoms with Gasteiger partial charge in [0.15, 0.2) is 0 Å². The first kappa shape index (κ1) is 23.2. The molecule has 0 aromatic rings. The Labute approximate surface area is 136 Å². The van der Waals surface area contributed by atoms with Crippen LogP contribution >= 0.6 is 0 Å². The largest absolute Gasteiger partial charge is 0.302 e. The van der Waals surface area contributed by atoms with E-state index in [0.29, 0.717) is 5.41 Å². The normalized spacial score (nSPS) is 17.1. The second-order valence-electron chi connectivity index (χ2n) is 6.70. The molecular formula is C19H44N2. The molecule has 1 saturated heterocycles. The van der Waals surface area contributed by atoms with Gasteiger partial charge in [0.25, 0.3) is 0 Å². The molecule has 0 aromatic carbocycles. The van der Waals surface area contributed by atoms with Gasteiger partial charge in [0, 0.05) is 13.1 Å².